The second kappa shape index (κ2) is 7.09. The van der Waals surface area contributed by atoms with Gasteiger partial charge in [-0.05, 0) is 52.6 Å². The Morgan fingerprint density at radius 2 is 2.30 bits per heavy atom. The maximum Gasteiger partial charge on any atom is 0.254 e. The maximum atomic E-state index is 12.0. The first-order valence-corrected chi connectivity index (χ1v) is 7.01. The molecule has 1 saturated heterocycles. The zero-order chi connectivity index (χ0) is 13.9. The van der Waals surface area contributed by atoms with Crippen molar-refractivity contribution >= 4 is 18.3 Å². The summed E-state index contributed by atoms with van der Waals surface area (Å²) in [6.45, 7) is 9.12. The molecule has 1 aromatic rings. The Labute approximate surface area is 126 Å². The maximum absolute atomic E-state index is 12.0. The van der Waals surface area contributed by atoms with Gasteiger partial charge in [0.05, 0.1) is 17.3 Å². The van der Waals surface area contributed by atoms with Crippen LogP contribution in [0.25, 0.3) is 0 Å². The minimum absolute atomic E-state index is 0. The number of amides is 1. The predicted molar refractivity (Wildman–Crippen MR) is 82.4 cm³/mol. The highest BCUT2D eigenvalue weighted by Gasteiger charge is 2.17. The fourth-order valence-electron chi connectivity index (χ4n) is 2.26. The molecule has 1 aliphatic rings. The molecule has 0 spiro atoms. The summed E-state index contributed by atoms with van der Waals surface area (Å²) in [6, 6.07) is 0. The molecule has 2 rings (SSSR count). The van der Waals surface area contributed by atoms with Gasteiger partial charge in [0, 0.05) is 12.7 Å². The lowest BCUT2D eigenvalue weighted by molar-refractivity contribution is 0.0951. The number of nitrogens with zero attached hydrogens (tertiary/aromatic N) is 2. The number of halogens is 1. The summed E-state index contributed by atoms with van der Waals surface area (Å²) in [5.74, 6) is 0.680. The van der Waals surface area contributed by atoms with Crippen LogP contribution in [0, 0.1) is 5.92 Å². The van der Waals surface area contributed by atoms with Crippen molar-refractivity contribution in [3.63, 3.8) is 0 Å². The number of aromatic nitrogens is 2. The average molecular weight is 301 g/mol. The van der Waals surface area contributed by atoms with Gasteiger partial charge in [-0.25, -0.2) is 0 Å². The third-order valence-corrected chi connectivity index (χ3v) is 3.53. The molecule has 1 unspecified atom stereocenters. The Hall–Kier alpha value is -1.07. The Morgan fingerprint density at radius 1 is 1.55 bits per heavy atom. The minimum Gasteiger partial charge on any atom is -0.352 e. The van der Waals surface area contributed by atoms with E-state index in [1.807, 2.05) is 10.9 Å². The summed E-state index contributed by atoms with van der Waals surface area (Å²) >= 11 is 0. The standard InChI is InChI=1S/C14H24N4O.ClH/c1-14(2,3)18-10-12(9-17-18)13(19)16-7-5-11-4-6-15-8-11;/h9-11,15H,4-8H2,1-3H3,(H,16,19);1H. The molecule has 0 aromatic carbocycles. The van der Waals surface area contributed by atoms with Gasteiger partial charge in [-0.3, -0.25) is 9.48 Å². The summed E-state index contributed by atoms with van der Waals surface area (Å²) in [7, 11) is 0. The number of hydrogen-bond donors (Lipinski definition) is 2. The quantitative estimate of drug-likeness (QED) is 0.891. The van der Waals surface area contributed by atoms with Crippen LogP contribution in [0.5, 0.6) is 0 Å². The van der Waals surface area contributed by atoms with Gasteiger partial charge in [0.2, 0.25) is 0 Å². The van der Waals surface area contributed by atoms with Crippen molar-refractivity contribution in [2.24, 2.45) is 5.92 Å². The Bertz CT molecular complexity index is 433. The van der Waals surface area contributed by atoms with Gasteiger partial charge >= 0.3 is 0 Å². The fourth-order valence-corrected chi connectivity index (χ4v) is 2.26. The van der Waals surface area contributed by atoms with Crippen LogP contribution in [0.15, 0.2) is 12.4 Å². The monoisotopic (exact) mass is 300 g/mol. The zero-order valence-electron chi connectivity index (χ0n) is 12.5. The summed E-state index contributed by atoms with van der Waals surface area (Å²) in [6.07, 6.45) is 5.72. The molecule has 1 fully saturated rings. The Balaban J connectivity index is 0.00000200. The molecule has 1 atom stereocenters. The summed E-state index contributed by atoms with van der Waals surface area (Å²) in [5.41, 5.74) is 0.549. The van der Waals surface area contributed by atoms with Crippen LogP contribution >= 0.6 is 12.4 Å². The highest BCUT2D eigenvalue weighted by atomic mass is 35.5. The molecule has 0 aliphatic carbocycles. The Morgan fingerprint density at radius 3 is 2.85 bits per heavy atom. The predicted octanol–water partition coefficient (Wildman–Crippen LogP) is 1.79. The van der Waals surface area contributed by atoms with Crippen molar-refractivity contribution < 1.29 is 4.79 Å². The van der Waals surface area contributed by atoms with E-state index in [1.54, 1.807) is 6.20 Å². The summed E-state index contributed by atoms with van der Waals surface area (Å²) in [4.78, 5) is 12.0. The molecule has 5 nitrogen and oxygen atoms in total. The van der Waals surface area contributed by atoms with Crippen molar-refractivity contribution in [2.45, 2.75) is 39.2 Å². The van der Waals surface area contributed by atoms with Crippen LogP contribution < -0.4 is 10.6 Å². The van der Waals surface area contributed by atoms with Gasteiger partial charge in [-0.1, -0.05) is 0 Å². The van der Waals surface area contributed by atoms with Crippen LogP contribution in [0.3, 0.4) is 0 Å². The fraction of sp³-hybridized carbons (Fsp3) is 0.714. The van der Waals surface area contributed by atoms with Crippen LogP contribution in [0.4, 0.5) is 0 Å². The van der Waals surface area contributed by atoms with Crippen molar-refractivity contribution in [3.05, 3.63) is 18.0 Å². The lowest BCUT2D eigenvalue weighted by Crippen LogP contribution is -2.26. The molecule has 1 aromatic heterocycles. The number of carbonyl (C=O) groups is 1. The third kappa shape index (κ3) is 4.49. The number of nitrogens with one attached hydrogen (secondary N) is 2. The topological polar surface area (TPSA) is 59.0 Å². The highest BCUT2D eigenvalue weighted by molar-refractivity contribution is 5.93. The summed E-state index contributed by atoms with van der Waals surface area (Å²) in [5, 5.41) is 10.5. The minimum atomic E-state index is -0.0892. The second-order valence-electron chi connectivity index (χ2n) is 6.25. The molecule has 2 heterocycles. The smallest absolute Gasteiger partial charge is 0.254 e. The van der Waals surface area contributed by atoms with Crippen molar-refractivity contribution in [3.8, 4) is 0 Å². The lowest BCUT2D eigenvalue weighted by Gasteiger charge is -2.18. The van der Waals surface area contributed by atoms with Gasteiger partial charge < -0.3 is 10.6 Å². The van der Waals surface area contributed by atoms with Crippen molar-refractivity contribution in [1.29, 1.82) is 0 Å². The number of carbonyl (C=O) groups excluding carboxylic acids is 1. The molecule has 1 aliphatic heterocycles. The first-order chi connectivity index (χ1) is 8.97. The van der Waals surface area contributed by atoms with Gasteiger partial charge in [0.25, 0.3) is 5.91 Å². The molecule has 2 N–H and O–H groups in total. The van der Waals surface area contributed by atoms with E-state index in [0.717, 1.165) is 26.1 Å². The highest BCUT2D eigenvalue weighted by Crippen LogP contribution is 2.13. The molecular weight excluding hydrogens is 276 g/mol. The van der Waals surface area contributed by atoms with Crippen LogP contribution in [0.1, 0.15) is 44.0 Å². The number of hydrogen-bond acceptors (Lipinski definition) is 3. The molecule has 114 valence electrons. The van der Waals surface area contributed by atoms with Crippen molar-refractivity contribution in [1.82, 2.24) is 20.4 Å². The van der Waals surface area contributed by atoms with E-state index in [9.17, 15) is 4.79 Å². The molecule has 0 bridgehead atoms. The second-order valence-corrected chi connectivity index (χ2v) is 6.25. The molecular formula is C14H25ClN4O. The largest absolute Gasteiger partial charge is 0.352 e. The summed E-state index contributed by atoms with van der Waals surface area (Å²) < 4.78 is 1.82. The zero-order valence-corrected chi connectivity index (χ0v) is 13.3. The van der Waals surface area contributed by atoms with E-state index < -0.39 is 0 Å². The molecule has 1 amide bonds. The normalized spacial score (nSPS) is 18.6. The molecule has 0 saturated carbocycles. The first-order valence-electron chi connectivity index (χ1n) is 7.01. The van der Waals surface area contributed by atoms with Gasteiger partial charge in [0.15, 0.2) is 0 Å². The van der Waals surface area contributed by atoms with Gasteiger partial charge in [0.1, 0.15) is 0 Å². The van der Waals surface area contributed by atoms with Gasteiger partial charge in [-0.2, -0.15) is 5.10 Å². The third-order valence-electron chi connectivity index (χ3n) is 3.53. The molecule has 0 radical (unpaired) electrons. The van der Waals surface area contributed by atoms with E-state index in [1.165, 1.54) is 6.42 Å². The average Bonchev–Trinajstić information content (AvgIpc) is 2.99. The van der Waals surface area contributed by atoms with Crippen LogP contribution in [-0.4, -0.2) is 35.3 Å². The van der Waals surface area contributed by atoms with E-state index in [4.69, 9.17) is 0 Å². The SMILES string of the molecule is CC(C)(C)n1cc(C(=O)NCCC2CCNC2)cn1.Cl. The lowest BCUT2D eigenvalue weighted by atomic mass is 10.1. The first kappa shape index (κ1) is 17.0. The van der Waals surface area contributed by atoms with Crippen LogP contribution in [-0.2, 0) is 5.54 Å². The van der Waals surface area contributed by atoms with E-state index >= 15 is 0 Å². The number of rotatable bonds is 4. The molecule has 6 heteroatoms. The van der Waals surface area contributed by atoms with E-state index in [-0.39, 0.29) is 23.9 Å². The van der Waals surface area contributed by atoms with Crippen LogP contribution in [0.2, 0.25) is 0 Å². The van der Waals surface area contributed by atoms with E-state index in [2.05, 4.69) is 36.5 Å². The van der Waals surface area contributed by atoms with E-state index in [0.29, 0.717) is 11.5 Å². The molecule has 20 heavy (non-hydrogen) atoms. The Kier molecular flexibility index (Phi) is 6.02. The van der Waals surface area contributed by atoms with Gasteiger partial charge in [-0.15, -0.1) is 12.4 Å². The van der Waals surface area contributed by atoms with Crippen molar-refractivity contribution in [2.75, 3.05) is 19.6 Å².